The summed E-state index contributed by atoms with van der Waals surface area (Å²) >= 11 is 8.93. The van der Waals surface area contributed by atoms with Gasteiger partial charge in [0.25, 0.3) is 0 Å². The molecule has 7 nitrogen and oxygen atoms in total. The molecule has 1 unspecified atom stereocenters. The first-order chi connectivity index (χ1) is 13.5. The third-order valence-electron chi connectivity index (χ3n) is 4.31. The van der Waals surface area contributed by atoms with Crippen LogP contribution < -0.4 is 15.0 Å². The summed E-state index contributed by atoms with van der Waals surface area (Å²) in [6.07, 6.45) is 0.109. The fourth-order valence-corrected chi connectivity index (χ4v) is 4.68. The van der Waals surface area contributed by atoms with Crippen molar-refractivity contribution in [2.24, 2.45) is 5.92 Å². The molecule has 10 heteroatoms. The van der Waals surface area contributed by atoms with Gasteiger partial charge in [0.2, 0.25) is 16.9 Å². The summed E-state index contributed by atoms with van der Waals surface area (Å²) in [7, 11) is 1.53. The highest BCUT2D eigenvalue weighted by Gasteiger charge is 2.36. The molecule has 1 aliphatic rings. The van der Waals surface area contributed by atoms with Crippen LogP contribution in [0.15, 0.2) is 35.7 Å². The van der Waals surface area contributed by atoms with Gasteiger partial charge in [-0.25, -0.2) is 0 Å². The van der Waals surface area contributed by atoms with Gasteiger partial charge in [0.1, 0.15) is 5.75 Å². The van der Waals surface area contributed by atoms with Gasteiger partial charge in [-0.2, -0.15) is 0 Å². The molecule has 1 aromatic carbocycles. The molecule has 2 amide bonds. The van der Waals surface area contributed by atoms with Gasteiger partial charge in [-0.15, -0.1) is 21.5 Å². The lowest BCUT2D eigenvalue weighted by Gasteiger charge is -2.19. The van der Waals surface area contributed by atoms with E-state index in [2.05, 4.69) is 15.5 Å². The second-order valence-corrected chi connectivity index (χ2v) is 8.46. The highest BCUT2D eigenvalue weighted by Crippen LogP contribution is 2.36. The Labute approximate surface area is 173 Å². The molecule has 2 aromatic heterocycles. The van der Waals surface area contributed by atoms with Crippen LogP contribution in [-0.2, 0) is 9.59 Å². The molecule has 3 heterocycles. The van der Waals surface area contributed by atoms with Crippen molar-refractivity contribution in [2.45, 2.75) is 6.42 Å². The number of amides is 2. The van der Waals surface area contributed by atoms with E-state index >= 15 is 0 Å². The van der Waals surface area contributed by atoms with Crippen molar-refractivity contribution in [3.63, 3.8) is 0 Å². The van der Waals surface area contributed by atoms with Gasteiger partial charge in [0.05, 0.1) is 23.6 Å². The summed E-state index contributed by atoms with van der Waals surface area (Å²) in [5.41, 5.74) is 0.561. The predicted molar refractivity (Wildman–Crippen MR) is 110 cm³/mol. The third-order valence-corrected chi connectivity index (χ3v) is 6.43. The Kier molecular flexibility index (Phi) is 5.29. The zero-order valence-corrected chi connectivity index (χ0v) is 17.1. The number of ether oxygens (including phenoxy) is 1. The molecule has 0 radical (unpaired) electrons. The van der Waals surface area contributed by atoms with Crippen molar-refractivity contribution >= 4 is 56.9 Å². The molecular weight excluding hydrogens is 420 g/mol. The number of nitrogens with one attached hydrogen (secondary N) is 1. The molecular formula is C18H15ClN4O3S2. The first-order valence-corrected chi connectivity index (χ1v) is 10.4. The van der Waals surface area contributed by atoms with Crippen molar-refractivity contribution in [2.75, 3.05) is 23.9 Å². The van der Waals surface area contributed by atoms with Crippen LogP contribution in [0.3, 0.4) is 0 Å². The van der Waals surface area contributed by atoms with E-state index in [-0.39, 0.29) is 24.8 Å². The molecule has 4 rings (SSSR count). The zero-order chi connectivity index (χ0) is 19.7. The number of anilines is 2. The summed E-state index contributed by atoms with van der Waals surface area (Å²) in [6, 6.07) is 8.93. The molecule has 0 aliphatic carbocycles. The number of carbonyl (C=O) groups is 2. The number of methoxy groups -OCH3 is 1. The van der Waals surface area contributed by atoms with Crippen LogP contribution in [-0.4, -0.2) is 35.7 Å². The average molecular weight is 435 g/mol. The lowest BCUT2D eigenvalue weighted by atomic mass is 10.1. The van der Waals surface area contributed by atoms with Crippen molar-refractivity contribution in [1.82, 2.24) is 10.2 Å². The molecule has 144 valence electrons. The third kappa shape index (κ3) is 3.73. The first-order valence-electron chi connectivity index (χ1n) is 8.37. The van der Waals surface area contributed by atoms with E-state index in [9.17, 15) is 9.59 Å². The number of hydrogen-bond acceptors (Lipinski definition) is 7. The Bertz CT molecular complexity index is 1020. The molecule has 0 spiro atoms. The fraction of sp³-hybridized carbons (Fsp3) is 0.222. The summed E-state index contributed by atoms with van der Waals surface area (Å²) < 4.78 is 5.32. The van der Waals surface area contributed by atoms with Crippen LogP contribution in [0, 0.1) is 5.92 Å². The topological polar surface area (TPSA) is 84.4 Å². The monoisotopic (exact) mass is 434 g/mol. The van der Waals surface area contributed by atoms with E-state index < -0.39 is 5.92 Å². The van der Waals surface area contributed by atoms with Crippen LogP contribution in [0.25, 0.3) is 9.88 Å². The number of carbonyl (C=O) groups excluding carboxylic acids is 2. The molecule has 0 bridgehead atoms. The number of nitrogens with zero attached hydrogens (tertiary/aromatic N) is 3. The smallest absolute Gasteiger partial charge is 0.231 e. The van der Waals surface area contributed by atoms with Gasteiger partial charge >= 0.3 is 0 Å². The summed E-state index contributed by atoms with van der Waals surface area (Å²) in [6.45, 7) is 0.248. The minimum atomic E-state index is -0.495. The number of benzene rings is 1. The first kappa shape index (κ1) is 18.9. The molecule has 28 heavy (non-hydrogen) atoms. The Morgan fingerprint density at radius 1 is 1.36 bits per heavy atom. The lowest BCUT2D eigenvalue weighted by molar-refractivity contribution is -0.122. The summed E-state index contributed by atoms with van der Waals surface area (Å²) in [4.78, 5) is 27.7. The van der Waals surface area contributed by atoms with Crippen LogP contribution in [0.5, 0.6) is 5.75 Å². The normalized spacial score (nSPS) is 16.4. The van der Waals surface area contributed by atoms with Crippen LogP contribution >= 0.6 is 34.3 Å². The van der Waals surface area contributed by atoms with Gasteiger partial charge in [-0.1, -0.05) is 29.0 Å². The highest BCUT2D eigenvalue weighted by molar-refractivity contribution is 7.23. The maximum Gasteiger partial charge on any atom is 0.231 e. The summed E-state index contributed by atoms with van der Waals surface area (Å²) in [5, 5.41) is 14.5. The maximum atomic E-state index is 12.6. The number of aromatic nitrogens is 2. The minimum Gasteiger partial charge on any atom is -0.495 e. The van der Waals surface area contributed by atoms with Gasteiger partial charge in [0.15, 0.2) is 5.01 Å². The number of rotatable bonds is 5. The van der Waals surface area contributed by atoms with E-state index in [0.717, 1.165) is 9.88 Å². The predicted octanol–water partition coefficient (Wildman–Crippen LogP) is 3.92. The van der Waals surface area contributed by atoms with E-state index in [1.807, 2.05) is 17.5 Å². The number of hydrogen-bond donors (Lipinski definition) is 1. The molecule has 1 aliphatic heterocycles. The van der Waals surface area contributed by atoms with E-state index in [0.29, 0.717) is 21.6 Å². The second kappa shape index (κ2) is 7.86. The van der Waals surface area contributed by atoms with Crippen molar-refractivity contribution in [3.8, 4) is 15.6 Å². The molecule has 1 saturated heterocycles. The average Bonchev–Trinajstić information content (AvgIpc) is 3.42. The fourth-order valence-electron chi connectivity index (χ4n) is 2.97. The zero-order valence-electron chi connectivity index (χ0n) is 14.7. The minimum absolute atomic E-state index is 0.109. The van der Waals surface area contributed by atoms with Crippen LogP contribution in [0.2, 0.25) is 5.02 Å². The van der Waals surface area contributed by atoms with Gasteiger partial charge in [-0.3, -0.25) is 9.59 Å². The molecule has 0 saturated carbocycles. The number of thiophene rings is 1. The van der Waals surface area contributed by atoms with Gasteiger partial charge in [-0.05, 0) is 29.6 Å². The SMILES string of the molecule is COc1ccc(Cl)cc1N1CC(C(=O)Nc2nnc(-c3cccs3)s2)CC1=O. The summed E-state index contributed by atoms with van der Waals surface area (Å²) in [5.74, 6) is -0.378. The van der Waals surface area contributed by atoms with E-state index in [4.69, 9.17) is 16.3 Å². The standard InChI is InChI=1S/C18H15ClN4O3S2/c1-26-13-5-4-11(19)8-12(13)23-9-10(7-15(23)24)16(25)20-18-22-21-17(28-18)14-3-2-6-27-14/h2-6,8,10H,7,9H2,1H3,(H,20,22,25). The van der Waals surface area contributed by atoms with E-state index in [1.54, 1.807) is 29.5 Å². The van der Waals surface area contributed by atoms with Crippen LogP contribution in [0.4, 0.5) is 10.8 Å². The Morgan fingerprint density at radius 3 is 2.96 bits per heavy atom. The Hall–Kier alpha value is -2.49. The quantitative estimate of drug-likeness (QED) is 0.657. The highest BCUT2D eigenvalue weighted by atomic mass is 35.5. The largest absolute Gasteiger partial charge is 0.495 e. The van der Waals surface area contributed by atoms with Crippen molar-refractivity contribution < 1.29 is 14.3 Å². The number of halogens is 1. The maximum absolute atomic E-state index is 12.6. The van der Waals surface area contributed by atoms with Gasteiger partial charge < -0.3 is 15.0 Å². The Balaban J connectivity index is 1.47. The van der Waals surface area contributed by atoms with Crippen molar-refractivity contribution in [3.05, 3.63) is 40.7 Å². The van der Waals surface area contributed by atoms with Gasteiger partial charge in [0, 0.05) is 18.0 Å². The second-order valence-electron chi connectivity index (χ2n) is 6.10. The molecule has 1 N–H and O–H groups in total. The van der Waals surface area contributed by atoms with E-state index in [1.165, 1.54) is 23.3 Å². The molecule has 1 atom stereocenters. The molecule has 3 aromatic rings. The lowest BCUT2D eigenvalue weighted by Crippen LogP contribution is -2.28. The van der Waals surface area contributed by atoms with Crippen molar-refractivity contribution in [1.29, 1.82) is 0 Å². The molecule has 1 fully saturated rings. The van der Waals surface area contributed by atoms with Crippen LogP contribution in [0.1, 0.15) is 6.42 Å². The Morgan fingerprint density at radius 2 is 2.21 bits per heavy atom.